The minimum absolute atomic E-state index is 0.232. The molecule has 2 heterocycles. The number of fused-ring (bicyclic) bond motifs is 1. The first-order valence-electron chi connectivity index (χ1n) is 10.5. The second-order valence-electron chi connectivity index (χ2n) is 7.54. The van der Waals surface area contributed by atoms with Gasteiger partial charge in [0.2, 0.25) is 5.89 Å². The maximum absolute atomic E-state index is 13.0. The third-order valence-electron chi connectivity index (χ3n) is 5.25. The van der Waals surface area contributed by atoms with Gasteiger partial charge < -0.3 is 14.2 Å². The number of carbonyl (C=O) groups excluding carboxylic acids is 1. The molecular weight excluding hydrogens is 434 g/mol. The summed E-state index contributed by atoms with van der Waals surface area (Å²) in [6, 6.07) is 25.2. The average molecular weight is 456 g/mol. The minimum atomic E-state index is -0.301. The number of hydrogen-bond acceptors (Lipinski definition) is 6. The molecule has 0 unspecified atom stereocenters. The molecule has 0 aliphatic rings. The van der Waals surface area contributed by atoms with E-state index in [0.29, 0.717) is 16.9 Å². The number of aromatic nitrogens is 2. The molecule has 0 saturated carbocycles. The van der Waals surface area contributed by atoms with Crippen LogP contribution >= 0.6 is 11.8 Å². The van der Waals surface area contributed by atoms with Crippen molar-refractivity contribution in [3.8, 4) is 0 Å². The van der Waals surface area contributed by atoms with Gasteiger partial charge in [0.1, 0.15) is 11.8 Å². The number of benzene rings is 3. The molecule has 1 amide bonds. The lowest BCUT2D eigenvalue weighted by molar-refractivity contribution is 0.0938. The Kier molecular flexibility index (Phi) is 5.95. The number of nitrogens with one attached hydrogen (secondary N) is 1. The van der Waals surface area contributed by atoms with Gasteiger partial charge in [-0.1, -0.05) is 84.6 Å². The summed E-state index contributed by atoms with van der Waals surface area (Å²) in [5.41, 5.74) is 4.86. The molecule has 164 valence electrons. The van der Waals surface area contributed by atoms with E-state index in [1.54, 1.807) is 0 Å². The Morgan fingerprint density at radius 3 is 2.30 bits per heavy atom. The summed E-state index contributed by atoms with van der Waals surface area (Å²) in [6.45, 7) is 2.00. The molecule has 5 rings (SSSR count). The van der Waals surface area contributed by atoms with Gasteiger partial charge in [-0.2, -0.15) is 0 Å². The monoisotopic (exact) mass is 455 g/mol. The number of aryl methyl sites for hydroxylation is 1. The Morgan fingerprint density at radius 1 is 0.939 bits per heavy atom. The zero-order chi connectivity index (χ0) is 22.6. The predicted molar refractivity (Wildman–Crippen MR) is 127 cm³/mol. The zero-order valence-electron chi connectivity index (χ0n) is 17.9. The topological polar surface area (TPSA) is 81.2 Å². The number of thioether (sulfide) groups is 1. The van der Waals surface area contributed by atoms with E-state index in [0.717, 1.165) is 27.8 Å². The van der Waals surface area contributed by atoms with Gasteiger partial charge in [0.05, 0.1) is 11.8 Å². The Morgan fingerprint density at radius 2 is 1.64 bits per heavy atom. The van der Waals surface area contributed by atoms with Crippen molar-refractivity contribution in [2.24, 2.45) is 0 Å². The molecule has 0 atom stereocenters. The third-order valence-corrected chi connectivity index (χ3v) is 6.06. The molecule has 7 heteroatoms. The normalized spacial score (nSPS) is 11.2. The molecule has 6 nitrogen and oxygen atoms in total. The molecular formula is C26H21N3O3S. The van der Waals surface area contributed by atoms with Crippen LogP contribution in [0.1, 0.15) is 39.1 Å². The van der Waals surface area contributed by atoms with Gasteiger partial charge in [-0.05, 0) is 29.7 Å². The summed E-state index contributed by atoms with van der Waals surface area (Å²) in [4.78, 5) is 21.9. The van der Waals surface area contributed by atoms with Crippen LogP contribution in [0.4, 0.5) is 0 Å². The summed E-state index contributed by atoms with van der Waals surface area (Å²) >= 11 is 1.37. The SMILES string of the molecule is Cc1cccc2oc(SCc3nc(C(=O)NC(c4ccccc4)c4ccccc4)co3)nc12. The molecule has 0 fully saturated rings. The molecule has 0 bridgehead atoms. The van der Waals surface area contributed by atoms with Crippen LogP contribution in [0.15, 0.2) is 99.2 Å². The van der Waals surface area contributed by atoms with Gasteiger partial charge in [-0.25, -0.2) is 9.97 Å². The van der Waals surface area contributed by atoms with E-state index in [1.165, 1.54) is 18.0 Å². The highest BCUT2D eigenvalue weighted by atomic mass is 32.2. The first-order valence-corrected chi connectivity index (χ1v) is 11.5. The van der Waals surface area contributed by atoms with E-state index in [9.17, 15) is 4.79 Å². The summed E-state index contributed by atoms with van der Waals surface area (Å²) in [5, 5.41) is 3.62. The van der Waals surface area contributed by atoms with E-state index < -0.39 is 0 Å². The smallest absolute Gasteiger partial charge is 0.273 e. The highest BCUT2D eigenvalue weighted by molar-refractivity contribution is 7.98. The van der Waals surface area contributed by atoms with Crippen molar-refractivity contribution in [2.75, 3.05) is 0 Å². The van der Waals surface area contributed by atoms with Gasteiger partial charge in [0, 0.05) is 0 Å². The third kappa shape index (κ3) is 4.68. The fourth-order valence-electron chi connectivity index (χ4n) is 3.59. The number of nitrogens with zero attached hydrogens (tertiary/aromatic N) is 2. The average Bonchev–Trinajstić information content (AvgIpc) is 3.50. The molecule has 0 aliphatic heterocycles. The molecule has 0 radical (unpaired) electrons. The van der Waals surface area contributed by atoms with Crippen LogP contribution in [-0.2, 0) is 5.75 Å². The van der Waals surface area contributed by atoms with Crippen LogP contribution in [0, 0.1) is 6.92 Å². The van der Waals surface area contributed by atoms with Crippen LogP contribution in [0.3, 0.4) is 0 Å². The number of hydrogen-bond donors (Lipinski definition) is 1. The fourth-order valence-corrected chi connectivity index (χ4v) is 4.27. The molecule has 0 aliphatic carbocycles. The standard InChI is InChI=1S/C26H21N3O3S/c1-17-9-8-14-21-23(17)29-26(32-21)33-16-22-27-20(15-31-22)25(30)28-24(18-10-4-2-5-11-18)19-12-6-3-7-13-19/h2-15,24H,16H2,1H3,(H,28,30). The van der Waals surface area contributed by atoms with Crippen LogP contribution in [0.25, 0.3) is 11.1 Å². The van der Waals surface area contributed by atoms with E-state index in [-0.39, 0.29) is 17.6 Å². The van der Waals surface area contributed by atoms with Gasteiger partial charge >= 0.3 is 0 Å². The molecule has 0 saturated heterocycles. The van der Waals surface area contributed by atoms with Crippen molar-refractivity contribution >= 4 is 28.8 Å². The van der Waals surface area contributed by atoms with Gasteiger partial charge in [-0.3, -0.25) is 4.79 Å². The molecule has 1 N–H and O–H groups in total. The quantitative estimate of drug-likeness (QED) is 0.306. The fraction of sp³-hybridized carbons (Fsp3) is 0.115. The summed E-state index contributed by atoms with van der Waals surface area (Å²) < 4.78 is 11.3. The summed E-state index contributed by atoms with van der Waals surface area (Å²) in [5.74, 6) is 0.533. The van der Waals surface area contributed by atoms with E-state index in [1.807, 2.05) is 85.8 Å². The summed E-state index contributed by atoms with van der Waals surface area (Å²) in [7, 11) is 0. The highest BCUT2D eigenvalue weighted by Gasteiger charge is 2.20. The number of para-hydroxylation sites is 1. The van der Waals surface area contributed by atoms with Crippen LogP contribution < -0.4 is 5.32 Å². The number of oxazole rings is 2. The molecule has 33 heavy (non-hydrogen) atoms. The van der Waals surface area contributed by atoms with E-state index in [2.05, 4.69) is 15.3 Å². The molecule has 5 aromatic rings. The van der Waals surface area contributed by atoms with Crippen molar-refractivity contribution in [3.63, 3.8) is 0 Å². The highest BCUT2D eigenvalue weighted by Crippen LogP contribution is 2.28. The van der Waals surface area contributed by atoms with Crippen LogP contribution in [0.2, 0.25) is 0 Å². The lowest BCUT2D eigenvalue weighted by atomic mass is 9.98. The number of carbonyl (C=O) groups is 1. The predicted octanol–water partition coefficient (Wildman–Crippen LogP) is 5.94. The Labute approximate surface area is 195 Å². The van der Waals surface area contributed by atoms with E-state index in [4.69, 9.17) is 8.83 Å². The Balaban J connectivity index is 1.29. The lowest BCUT2D eigenvalue weighted by Crippen LogP contribution is -2.29. The van der Waals surface area contributed by atoms with Crippen molar-refractivity contribution < 1.29 is 13.6 Å². The second-order valence-corrected chi connectivity index (χ2v) is 8.47. The number of amides is 1. The first kappa shape index (κ1) is 21.0. The molecule has 3 aromatic carbocycles. The largest absolute Gasteiger partial charge is 0.447 e. The maximum atomic E-state index is 13.0. The number of rotatable bonds is 7. The Hall–Kier alpha value is -3.84. The van der Waals surface area contributed by atoms with Gasteiger partial charge in [0.15, 0.2) is 11.3 Å². The van der Waals surface area contributed by atoms with Crippen LogP contribution in [-0.4, -0.2) is 15.9 Å². The zero-order valence-corrected chi connectivity index (χ0v) is 18.7. The van der Waals surface area contributed by atoms with Crippen LogP contribution in [0.5, 0.6) is 0 Å². The molecule has 2 aromatic heterocycles. The minimum Gasteiger partial charge on any atom is -0.447 e. The van der Waals surface area contributed by atoms with Crippen molar-refractivity contribution in [2.45, 2.75) is 23.9 Å². The second kappa shape index (κ2) is 9.34. The summed E-state index contributed by atoms with van der Waals surface area (Å²) in [6.07, 6.45) is 1.38. The van der Waals surface area contributed by atoms with E-state index >= 15 is 0 Å². The van der Waals surface area contributed by atoms with Crippen molar-refractivity contribution in [3.05, 3.63) is 113 Å². The van der Waals surface area contributed by atoms with Gasteiger partial charge in [0.25, 0.3) is 11.1 Å². The lowest BCUT2D eigenvalue weighted by Gasteiger charge is -2.19. The van der Waals surface area contributed by atoms with Crippen molar-refractivity contribution in [1.82, 2.24) is 15.3 Å². The maximum Gasteiger partial charge on any atom is 0.273 e. The van der Waals surface area contributed by atoms with Crippen molar-refractivity contribution in [1.29, 1.82) is 0 Å². The first-order chi connectivity index (χ1) is 16.2. The van der Waals surface area contributed by atoms with Gasteiger partial charge in [-0.15, -0.1) is 0 Å². The molecule has 0 spiro atoms. The Bertz CT molecular complexity index is 1340.